The van der Waals surface area contributed by atoms with Crippen LogP contribution in [0.2, 0.25) is 0 Å². The van der Waals surface area contributed by atoms with E-state index in [1.807, 2.05) is 61.7 Å². The van der Waals surface area contributed by atoms with Crippen LogP contribution in [0.4, 0.5) is 0 Å². The standard InChI is InChI=1S/C19H22N4O2S/c1-4-13(2)20-17(24)12-26-19-22-21-18(16-10-11-25-14(16)3)23(19)15-8-6-5-7-9-15/h5-11,13H,4,12H2,1-3H3,(H,20,24). The Kier molecular flexibility index (Phi) is 5.78. The van der Waals surface area contributed by atoms with Gasteiger partial charge in [0.2, 0.25) is 5.91 Å². The molecular weight excluding hydrogens is 348 g/mol. The summed E-state index contributed by atoms with van der Waals surface area (Å²) in [6.07, 6.45) is 2.54. The van der Waals surface area contributed by atoms with Crippen LogP contribution in [0.1, 0.15) is 26.0 Å². The molecule has 0 spiro atoms. The molecule has 2 aromatic heterocycles. The van der Waals surface area contributed by atoms with E-state index in [9.17, 15) is 4.79 Å². The van der Waals surface area contributed by atoms with Crippen LogP contribution in [0.5, 0.6) is 0 Å². The molecule has 0 bridgehead atoms. The van der Waals surface area contributed by atoms with Crippen molar-refractivity contribution >= 4 is 17.7 Å². The van der Waals surface area contributed by atoms with Crippen molar-refractivity contribution in [3.05, 3.63) is 48.4 Å². The van der Waals surface area contributed by atoms with Crippen molar-refractivity contribution in [2.45, 2.75) is 38.4 Å². The van der Waals surface area contributed by atoms with Crippen molar-refractivity contribution in [2.24, 2.45) is 0 Å². The Morgan fingerprint density at radius 1 is 1.27 bits per heavy atom. The second-order valence-corrected chi connectivity index (χ2v) is 6.98. The number of benzene rings is 1. The first kappa shape index (κ1) is 18.3. The molecule has 0 saturated carbocycles. The van der Waals surface area contributed by atoms with Gasteiger partial charge in [0, 0.05) is 11.7 Å². The molecule has 3 rings (SSSR count). The Labute approximate surface area is 157 Å². The van der Waals surface area contributed by atoms with E-state index in [4.69, 9.17) is 4.42 Å². The highest BCUT2D eigenvalue weighted by Gasteiger charge is 2.19. The van der Waals surface area contributed by atoms with Gasteiger partial charge in [-0.25, -0.2) is 0 Å². The number of thioether (sulfide) groups is 1. The minimum atomic E-state index is -0.00648. The van der Waals surface area contributed by atoms with Gasteiger partial charge in [-0.15, -0.1) is 10.2 Å². The molecule has 26 heavy (non-hydrogen) atoms. The smallest absolute Gasteiger partial charge is 0.230 e. The van der Waals surface area contributed by atoms with Crippen molar-refractivity contribution in [3.8, 4) is 17.1 Å². The SMILES string of the molecule is CCC(C)NC(=O)CSc1nnc(-c2ccoc2C)n1-c1ccccc1. The number of rotatable bonds is 7. The number of hydrogen-bond acceptors (Lipinski definition) is 5. The topological polar surface area (TPSA) is 73.0 Å². The number of furan rings is 1. The third kappa shape index (κ3) is 3.99. The molecule has 7 heteroatoms. The zero-order valence-corrected chi connectivity index (χ0v) is 15.9. The number of carbonyl (C=O) groups excluding carboxylic acids is 1. The maximum absolute atomic E-state index is 12.1. The van der Waals surface area contributed by atoms with Gasteiger partial charge < -0.3 is 9.73 Å². The van der Waals surface area contributed by atoms with E-state index < -0.39 is 0 Å². The summed E-state index contributed by atoms with van der Waals surface area (Å²) in [7, 11) is 0. The number of para-hydroxylation sites is 1. The second-order valence-electron chi connectivity index (χ2n) is 6.03. The minimum Gasteiger partial charge on any atom is -0.469 e. The van der Waals surface area contributed by atoms with Gasteiger partial charge in [-0.1, -0.05) is 36.9 Å². The third-order valence-corrected chi connectivity index (χ3v) is 5.03. The van der Waals surface area contributed by atoms with Gasteiger partial charge in [0.25, 0.3) is 0 Å². The molecule has 6 nitrogen and oxygen atoms in total. The van der Waals surface area contributed by atoms with Crippen molar-refractivity contribution in [1.82, 2.24) is 20.1 Å². The number of carbonyl (C=O) groups is 1. The largest absolute Gasteiger partial charge is 0.469 e. The number of hydrogen-bond donors (Lipinski definition) is 1. The summed E-state index contributed by atoms with van der Waals surface area (Å²) in [4.78, 5) is 12.1. The van der Waals surface area contributed by atoms with Gasteiger partial charge in [0.1, 0.15) is 5.76 Å². The summed E-state index contributed by atoms with van der Waals surface area (Å²) in [5.74, 6) is 1.76. The zero-order chi connectivity index (χ0) is 18.5. The quantitative estimate of drug-likeness (QED) is 0.640. The van der Waals surface area contributed by atoms with Gasteiger partial charge in [-0.2, -0.15) is 0 Å². The lowest BCUT2D eigenvalue weighted by Crippen LogP contribution is -2.33. The normalized spacial score (nSPS) is 12.1. The van der Waals surface area contributed by atoms with Crippen molar-refractivity contribution in [1.29, 1.82) is 0 Å². The molecule has 1 amide bonds. The van der Waals surface area contributed by atoms with Crippen LogP contribution in [0.25, 0.3) is 17.1 Å². The fraction of sp³-hybridized carbons (Fsp3) is 0.316. The number of nitrogens with one attached hydrogen (secondary N) is 1. The summed E-state index contributed by atoms with van der Waals surface area (Å²) in [5, 5.41) is 12.3. The molecule has 0 aliphatic rings. The Bertz CT molecular complexity index is 873. The first-order valence-corrected chi connectivity index (χ1v) is 9.56. The van der Waals surface area contributed by atoms with Crippen molar-refractivity contribution in [2.75, 3.05) is 5.75 Å². The average molecular weight is 370 g/mol. The van der Waals surface area contributed by atoms with Gasteiger partial charge >= 0.3 is 0 Å². The van der Waals surface area contributed by atoms with Gasteiger partial charge in [0.05, 0.1) is 17.6 Å². The van der Waals surface area contributed by atoms with E-state index in [1.165, 1.54) is 11.8 Å². The summed E-state index contributed by atoms with van der Waals surface area (Å²) in [6, 6.07) is 11.9. The fourth-order valence-corrected chi connectivity index (χ4v) is 3.28. The summed E-state index contributed by atoms with van der Waals surface area (Å²) in [5.41, 5.74) is 1.83. The van der Waals surface area contributed by atoms with Gasteiger partial charge in [-0.3, -0.25) is 9.36 Å². The highest BCUT2D eigenvalue weighted by Crippen LogP contribution is 2.30. The number of nitrogens with zero attached hydrogens (tertiary/aromatic N) is 3. The fourth-order valence-electron chi connectivity index (χ4n) is 2.51. The van der Waals surface area contributed by atoms with Crippen LogP contribution in [0.3, 0.4) is 0 Å². The van der Waals surface area contributed by atoms with Crippen LogP contribution in [0, 0.1) is 6.92 Å². The molecule has 2 heterocycles. The molecule has 3 aromatic rings. The molecule has 1 aromatic carbocycles. The van der Waals surface area contributed by atoms with Crippen molar-refractivity contribution in [3.63, 3.8) is 0 Å². The Morgan fingerprint density at radius 2 is 2.04 bits per heavy atom. The zero-order valence-electron chi connectivity index (χ0n) is 15.1. The number of aryl methyl sites for hydroxylation is 1. The van der Waals surface area contributed by atoms with Crippen LogP contribution in [-0.4, -0.2) is 32.5 Å². The summed E-state index contributed by atoms with van der Waals surface area (Å²) < 4.78 is 7.38. The Hall–Kier alpha value is -2.54. The lowest BCUT2D eigenvalue weighted by Gasteiger charge is -2.12. The van der Waals surface area contributed by atoms with E-state index >= 15 is 0 Å². The van der Waals surface area contributed by atoms with Gasteiger partial charge in [0.15, 0.2) is 11.0 Å². The summed E-state index contributed by atoms with van der Waals surface area (Å²) >= 11 is 1.37. The maximum Gasteiger partial charge on any atom is 0.230 e. The van der Waals surface area contributed by atoms with Gasteiger partial charge in [-0.05, 0) is 38.5 Å². The van der Waals surface area contributed by atoms with Crippen LogP contribution < -0.4 is 5.32 Å². The van der Waals surface area contributed by atoms with E-state index in [-0.39, 0.29) is 11.9 Å². The maximum atomic E-state index is 12.1. The van der Waals surface area contributed by atoms with Crippen molar-refractivity contribution < 1.29 is 9.21 Å². The molecule has 0 radical (unpaired) electrons. The lowest BCUT2D eigenvalue weighted by molar-refractivity contribution is -0.119. The molecule has 0 aliphatic carbocycles. The second kappa shape index (κ2) is 8.23. The van der Waals surface area contributed by atoms with E-state index in [0.717, 1.165) is 23.4 Å². The van der Waals surface area contributed by atoms with Crippen LogP contribution >= 0.6 is 11.8 Å². The molecule has 136 valence electrons. The minimum absolute atomic E-state index is 0.00648. The first-order chi connectivity index (χ1) is 12.6. The highest BCUT2D eigenvalue weighted by molar-refractivity contribution is 7.99. The number of amides is 1. The van der Waals surface area contributed by atoms with Crippen LogP contribution in [0.15, 0.2) is 52.2 Å². The molecule has 1 N–H and O–H groups in total. The third-order valence-electron chi connectivity index (χ3n) is 4.10. The molecule has 1 unspecified atom stereocenters. The Morgan fingerprint density at radius 3 is 2.69 bits per heavy atom. The number of aromatic nitrogens is 3. The van der Waals surface area contributed by atoms with E-state index in [0.29, 0.717) is 16.7 Å². The summed E-state index contributed by atoms with van der Waals surface area (Å²) in [6.45, 7) is 5.93. The first-order valence-electron chi connectivity index (χ1n) is 8.57. The predicted molar refractivity (Wildman–Crippen MR) is 102 cm³/mol. The van der Waals surface area contributed by atoms with Crippen LogP contribution in [-0.2, 0) is 4.79 Å². The molecule has 1 atom stereocenters. The van der Waals surface area contributed by atoms with E-state index in [2.05, 4.69) is 15.5 Å². The highest BCUT2D eigenvalue weighted by atomic mass is 32.2. The average Bonchev–Trinajstić information content (AvgIpc) is 3.26. The molecule has 0 aliphatic heterocycles. The van der Waals surface area contributed by atoms with E-state index in [1.54, 1.807) is 6.26 Å². The molecule has 0 fully saturated rings. The monoisotopic (exact) mass is 370 g/mol. The Balaban J connectivity index is 1.90. The molecule has 0 saturated heterocycles. The lowest BCUT2D eigenvalue weighted by atomic mass is 10.2. The predicted octanol–water partition coefficient (Wildman–Crippen LogP) is 3.84. The molecular formula is C19H22N4O2S.